The van der Waals surface area contributed by atoms with Gasteiger partial charge in [-0.2, -0.15) is 10.2 Å². The van der Waals surface area contributed by atoms with Crippen molar-refractivity contribution in [2.24, 2.45) is 0 Å². The second-order valence-electron chi connectivity index (χ2n) is 7.36. The van der Waals surface area contributed by atoms with Crippen LogP contribution in [-0.4, -0.2) is 47.4 Å². The van der Waals surface area contributed by atoms with Gasteiger partial charge in [0.1, 0.15) is 18.3 Å². The van der Waals surface area contributed by atoms with Crippen molar-refractivity contribution >= 4 is 17.5 Å². The van der Waals surface area contributed by atoms with Gasteiger partial charge in [0, 0.05) is 12.7 Å². The number of halogens is 1. The number of hydrogen-bond donors (Lipinski definition) is 0. The third-order valence-electron chi connectivity index (χ3n) is 5.22. The standard InChI is InChI=1S/C22H22ClN7O/c1-14-11-15(2)30(27-14)20-10-9-19(23)21(26-20)22(31)28(4)16(3)17-5-7-18(8-6-17)29-13-24-12-25-29/h5-13,16H,1-4H3. The Balaban J connectivity index is 1.58. The van der Waals surface area contributed by atoms with Crippen LogP contribution in [0.3, 0.4) is 0 Å². The van der Waals surface area contributed by atoms with Crippen molar-refractivity contribution in [2.75, 3.05) is 7.05 Å². The maximum absolute atomic E-state index is 13.2. The monoisotopic (exact) mass is 435 g/mol. The molecule has 4 aromatic rings. The van der Waals surface area contributed by atoms with E-state index < -0.39 is 0 Å². The van der Waals surface area contributed by atoms with Crippen LogP contribution in [0.5, 0.6) is 0 Å². The van der Waals surface area contributed by atoms with Crippen LogP contribution in [0.25, 0.3) is 11.5 Å². The zero-order chi connectivity index (χ0) is 22.1. The zero-order valence-electron chi connectivity index (χ0n) is 17.7. The minimum absolute atomic E-state index is 0.187. The average Bonchev–Trinajstić information content (AvgIpc) is 3.42. The lowest BCUT2D eigenvalue weighted by Crippen LogP contribution is -2.31. The van der Waals surface area contributed by atoms with Gasteiger partial charge in [-0.15, -0.1) is 0 Å². The maximum Gasteiger partial charge on any atom is 0.274 e. The molecule has 0 aliphatic carbocycles. The first kappa shape index (κ1) is 20.7. The minimum atomic E-state index is -0.263. The summed E-state index contributed by atoms with van der Waals surface area (Å²) < 4.78 is 3.38. The number of aryl methyl sites for hydroxylation is 2. The van der Waals surface area contributed by atoms with Gasteiger partial charge in [0.25, 0.3) is 5.91 Å². The molecule has 1 unspecified atom stereocenters. The molecule has 0 aliphatic rings. The van der Waals surface area contributed by atoms with Gasteiger partial charge in [-0.3, -0.25) is 4.79 Å². The average molecular weight is 436 g/mol. The molecule has 0 radical (unpaired) electrons. The summed E-state index contributed by atoms with van der Waals surface area (Å²) in [6.07, 6.45) is 3.12. The fraction of sp³-hybridized carbons (Fsp3) is 0.227. The molecule has 4 rings (SSSR count). The second kappa shape index (κ2) is 8.31. The number of pyridine rings is 1. The first-order valence-electron chi connectivity index (χ1n) is 9.77. The van der Waals surface area contributed by atoms with Crippen molar-refractivity contribution < 1.29 is 4.79 Å². The van der Waals surface area contributed by atoms with Gasteiger partial charge in [-0.1, -0.05) is 23.7 Å². The summed E-state index contributed by atoms with van der Waals surface area (Å²) in [6.45, 7) is 5.81. The highest BCUT2D eigenvalue weighted by molar-refractivity contribution is 6.33. The lowest BCUT2D eigenvalue weighted by molar-refractivity contribution is 0.0737. The van der Waals surface area contributed by atoms with Crippen LogP contribution in [-0.2, 0) is 0 Å². The van der Waals surface area contributed by atoms with Crippen LogP contribution >= 0.6 is 11.6 Å². The molecule has 0 saturated heterocycles. The number of carbonyl (C=O) groups excluding carboxylic acids is 1. The minimum Gasteiger partial charge on any atom is -0.334 e. The number of rotatable bonds is 5. The van der Waals surface area contributed by atoms with E-state index >= 15 is 0 Å². The van der Waals surface area contributed by atoms with Crippen LogP contribution in [0.4, 0.5) is 0 Å². The summed E-state index contributed by atoms with van der Waals surface area (Å²) in [7, 11) is 1.74. The van der Waals surface area contributed by atoms with Crippen LogP contribution < -0.4 is 0 Å². The maximum atomic E-state index is 13.2. The third-order valence-corrected chi connectivity index (χ3v) is 5.53. The Bertz CT molecular complexity index is 1220. The Morgan fingerprint density at radius 3 is 2.48 bits per heavy atom. The number of carbonyl (C=O) groups is 1. The first-order chi connectivity index (χ1) is 14.8. The molecular weight excluding hydrogens is 414 g/mol. The van der Waals surface area contributed by atoms with Crippen molar-refractivity contribution in [3.05, 3.63) is 82.8 Å². The van der Waals surface area contributed by atoms with Gasteiger partial charge < -0.3 is 4.90 Å². The molecule has 0 N–H and O–H groups in total. The van der Waals surface area contributed by atoms with Crippen molar-refractivity contribution in [2.45, 2.75) is 26.8 Å². The quantitative estimate of drug-likeness (QED) is 0.474. The SMILES string of the molecule is Cc1cc(C)n(-c2ccc(Cl)c(C(=O)N(C)C(C)c3ccc(-n4cncn4)cc3)n2)n1. The van der Waals surface area contributed by atoms with Crippen molar-refractivity contribution in [1.29, 1.82) is 0 Å². The summed E-state index contributed by atoms with van der Waals surface area (Å²) in [5.74, 6) is 0.290. The number of amides is 1. The topological polar surface area (TPSA) is 81.7 Å². The Labute approximate surface area is 185 Å². The highest BCUT2D eigenvalue weighted by atomic mass is 35.5. The van der Waals surface area contributed by atoms with Gasteiger partial charge in [0.05, 0.1) is 22.4 Å². The molecule has 0 bridgehead atoms. The molecular formula is C22H22ClN7O. The van der Waals surface area contributed by atoms with E-state index in [1.807, 2.05) is 51.1 Å². The van der Waals surface area contributed by atoms with E-state index in [2.05, 4.69) is 20.2 Å². The summed E-state index contributed by atoms with van der Waals surface area (Å²) in [5.41, 5.74) is 3.87. The zero-order valence-corrected chi connectivity index (χ0v) is 18.4. The molecule has 9 heteroatoms. The van der Waals surface area contributed by atoms with E-state index in [-0.39, 0.29) is 17.6 Å². The Kier molecular flexibility index (Phi) is 5.56. The van der Waals surface area contributed by atoms with Gasteiger partial charge in [0.15, 0.2) is 5.82 Å². The van der Waals surface area contributed by atoms with E-state index in [9.17, 15) is 4.79 Å². The molecule has 8 nitrogen and oxygen atoms in total. The van der Waals surface area contributed by atoms with E-state index in [0.29, 0.717) is 10.8 Å². The summed E-state index contributed by atoms with van der Waals surface area (Å²) in [5, 5.41) is 8.87. The van der Waals surface area contributed by atoms with Crippen LogP contribution in [0, 0.1) is 13.8 Å². The number of benzene rings is 1. The van der Waals surface area contributed by atoms with Gasteiger partial charge in [0.2, 0.25) is 0 Å². The highest BCUT2D eigenvalue weighted by Gasteiger charge is 2.23. The van der Waals surface area contributed by atoms with Gasteiger partial charge in [-0.25, -0.2) is 19.3 Å². The highest BCUT2D eigenvalue weighted by Crippen LogP contribution is 2.25. The van der Waals surface area contributed by atoms with Crippen molar-refractivity contribution in [3.8, 4) is 11.5 Å². The van der Waals surface area contributed by atoms with Crippen molar-refractivity contribution in [3.63, 3.8) is 0 Å². The Hall–Kier alpha value is -3.52. The predicted octanol–water partition coefficient (Wildman–Crippen LogP) is 3.95. The molecule has 0 saturated carbocycles. The number of hydrogen-bond acceptors (Lipinski definition) is 5. The van der Waals surface area contributed by atoms with Crippen molar-refractivity contribution in [1.82, 2.24) is 34.4 Å². The number of aromatic nitrogens is 6. The summed E-state index contributed by atoms with van der Waals surface area (Å²) in [4.78, 5) is 23.3. The van der Waals surface area contributed by atoms with E-state index in [0.717, 1.165) is 22.6 Å². The molecule has 158 valence electrons. The molecule has 1 atom stereocenters. The Morgan fingerprint density at radius 2 is 1.87 bits per heavy atom. The van der Waals surface area contributed by atoms with Crippen LogP contribution in [0.2, 0.25) is 5.02 Å². The molecule has 1 aromatic carbocycles. The van der Waals surface area contributed by atoms with Crippen LogP contribution in [0.1, 0.15) is 40.4 Å². The normalized spacial score (nSPS) is 12.0. The molecule has 0 spiro atoms. The predicted molar refractivity (Wildman–Crippen MR) is 118 cm³/mol. The number of nitrogens with zero attached hydrogens (tertiary/aromatic N) is 7. The molecule has 0 fully saturated rings. The van der Waals surface area contributed by atoms with E-state index in [1.54, 1.807) is 39.8 Å². The van der Waals surface area contributed by atoms with Gasteiger partial charge in [-0.05, 0) is 56.7 Å². The molecule has 3 heterocycles. The summed E-state index contributed by atoms with van der Waals surface area (Å²) >= 11 is 6.34. The largest absolute Gasteiger partial charge is 0.334 e. The molecule has 0 aliphatic heterocycles. The van der Waals surface area contributed by atoms with E-state index in [1.165, 1.54) is 6.33 Å². The lowest BCUT2D eigenvalue weighted by atomic mass is 10.1. The smallest absolute Gasteiger partial charge is 0.274 e. The molecule has 3 aromatic heterocycles. The molecule has 1 amide bonds. The van der Waals surface area contributed by atoms with E-state index in [4.69, 9.17) is 11.6 Å². The molecule has 31 heavy (non-hydrogen) atoms. The summed E-state index contributed by atoms with van der Waals surface area (Å²) in [6, 6.07) is 13.0. The van der Waals surface area contributed by atoms with Gasteiger partial charge >= 0.3 is 0 Å². The first-order valence-corrected chi connectivity index (χ1v) is 10.1. The fourth-order valence-electron chi connectivity index (χ4n) is 3.37. The van der Waals surface area contributed by atoms with Crippen LogP contribution in [0.15, 0.2) is 55.1 Å². The lowest BCUT2D eigenvalue weighted by Gasteiger charge is -2.25. The second-order valence-corrected chi connectivity index (χ2v) is 7.77. The fourth-order valence-corrected chi connectivity index (χ4v) is 3.56. The third kappa shape index (κ3) is 4.06. The Morgan fingerprint density at radius 1 is 1.13 bits per heavy atom.